The summed E-state index contributed by atoms with van der Waals surface area (Å²) in [7, 11) is 0. The summed E-state index contributed by atoms with van der Waals surface area (Å²) < 4.78 is 25.9. The van der Waals surface area contributed by atoms with Crippen LogP contribution in [0.5, 0.6) is 0 Å². The number of amides is 1. The molecule has 5 heteroatoms. The molecular weight excluding hydrogens is 248 g/mol. The smallest absolute Gasteiger partial charge is 0.251 e. The zero-order valence-electron chi connectivity index (χ0n) is 9.05. The Labute approximate surface area is 103 Å². The van der Waals surface area contributed by atoms with E-state index in [1.54, 1.807) is 0 Å². The summed E-state index contributed by atoms with van der Waals surface area (Å²) in [4.78, 5) is 11.7. The van der Waals surface area contributed by atoms with E-state index in [0.717, 1.165) is 37.5 Å². The second-order valence-electron chi connectivity index (χ2n) is 4.18. The number of benzene rings is 1. The van der Waals surface area contributed by atoms with Crippen LogP contribution in [0.3, 0.4) is 0 Å². The van der Waals surface area contributed by atoms with Crippen LogP contribution in [0, 0.1) is 11.6 Å². The van der Waals surface area contributed by atoms with Crippen molar-refractivity contribution in [3.05, 3.63) is 35.4 Å². The Morgan fingerprint density at radius 2 is 1.88 bits per heavy atom. The third-order valence-corrected chi connectivity index (χ3v) is 3.40. The fraction of sp³-hybridized carbons (Fsp3) is 0.417. The van der Waals surface area contributed by atoms with Crippen molar-refractivity contribution in [2.45, 2.75) is 30.7 Å². The average molecular weight is 260 g/mol. The Morgan fingerprint density at radius 1 is 1.24 bits per heavy atom. The quantitative estimate of drug-likeness (QED) is 0.813. The molecule has 1 fully saturated rings. The lowest BCUT2D eigenvalue weighted by molar-refractivity contribution is 0.0937. The maximum absolute atomic E-state index is 12.9. The van der Waals surface area contributed by atoms with Crippen molar-refractivity contribution in [2.24, 2.45) is 0 Å². The zero-order valence-corrected chi connectivity index (χ0v) is 9.81. The number of alkyl halides is 1. The molecule has 0 heterocycles. The minimum absolute atomic E-state index is 0.0155. The highest BCUT2D eigenvalue weighted by Crippen LogP contribution is 2.24. The maximum Gasteiger partial charge on any atom is 0.251 e. The van der Waals surface area contributed by atoms with Crippen molar-refractivity contribution in [3.63, 3.8) is 0 Å². The summed E-state index contributed by atoms with van der Waals surface area (Å²) in [6.07, 6.45) is 2.61. The highest BCUT2D eigenvalue weighted by Gasteiger charge is 2.27. The van der Waals surface area contributed by atoms with Gasteiger partial charge in [-0.1, -0.05) is 0 Å². The van der Waals surface area contributed by atoms with E-state index < -0.39 is 17.5 Å². The Balaban J connectivity index is 2.09. The minimum atomic E-state index is -0.760. The SMILES string of the molecule is O=C(NC1CCCC1Cl)c1cc(F)cc(F)c1. The molecule has 2 unspecified atom stereocenters. The van der Waals surface area contributed by atoms with Crippen LogP contribution in [0.25, 0.3) is 0 Å². The Bertz CT molecular complexity index is 418. The third kappa shape index (κ3) is 2.94. The number of carbonyl (C=O) groups excluding carboxylic acids is 1. The van der Waals surface area contributed by atoms with Crippen molar-refractivity contribution >= 4 is 17.5 Å². The normalized spacial score (nSPS) is 23.7. The van der Waals surface area contributed by atoms with Gasteiger partial charge in [-0.05, 0) is 31.4 Å². The van der Waals surface area contributed by atoms with E-state index in [0.29, 0.717) is 0 Å². The lowest BCUT2D eigenvalue weighted by Gasteiger charge is -2.15. The molecular formula is C12H12ClF2NO. The second kappa shape index (κ2) is 5.00. The van der Waals surface area contributed by atoms with Gasteiger partial charge in [0.15, 0.2) is 0 Å². The number of nitrogens with one attached hydrogen (secondary N) is 1. The van der Waals surface area contributed by atoms with Crippen molar-refractivity contribution in [1.82, 2.24) is 5.32 Å². The zero-order chi connectivity index (χ0) is 12.4. The first-order valence-corrected chi connectivity index (χ1v) is 5.91. The van der Waals surface area contributed by atoms with Crippen molar-refractivity contribution in [2.75, 3.05) is 0 Å². The van der Waals surface area contributed by atoms with Crippen LogP contribution in [0.2, 0.25) is 0 Å². The second-order valence-corrected chi connectivity index (χ2v) is 4.75. The van der Waals surface area contributed by atoms with E-state index in [1.807, 2.05) is 0 Å². The predicted octanol–water partition coefficient (Wildman–Crippen LogP) is 2.85. The molecule has 0 radical (unpaired) electrons. The molecule has 17 heavy (non-hydrogen) atoms. The van der Waals surface area contributed by atoms with Crippen molar-refractivity contribution in [1.29, 1.82) is 0 Å². The van der Waals surface area contributed by atoms with Gasteiger partial charge in [0, 0.05) is 17.7 Å². The van der Waals surface area contributed by atoms with Crippen LogP contribution in [-0.2, 0) is 0 Å². The van der Waals surface area contributed by atoms with Crippen LogP contribution in [0.1, 0.15) is 29.6 Å². The first kappa shape index (κ1) is 12.3. The van der Waals surface area contributed by atoms with E-state index in [4.69, 9.17) is 11.6 Å². The highest BCUT2D eigenvalue weighted by molar-refractivity contribution is 6.21. The fourth-order valence-corrected chi connectivity index (χ4v) is 2.36. The van der Waals surface area contributed by atoms with Crippen LogP contribution in [0.4, 0.5) is 8.78 Å². The van der Waals surface area contributed by atoms with Crippen LogP contribution in [0.15, 0.2) is 18.2 Å². The summed E-state index contributed by atoms with van der Waals surface area (Å²) in [5, 5.41) is 2.60. The van der Waals surface area contributed by atoms with Gasteiger partial charge in [0.25, 0.3) is 5.91 Å². The van der Waals surface area contributed by atoms with Gasteiger partial charge in [-0.2, -0.15) is 0 Å². The van der Waals surface area contributed by atoms with Crippen molar-refractivity contribution in [3.8, 4) is 0 Å². The summed E-state index contributed by atoms with van der Waals surface area (Å²) in [5.41, 5.74) is -0.0155. The summed E-state index contributed by atoms with van der Waals surface area (Å²) in [5.74, 6) is -2.01. The fourth-order valence-electron chi connectivity index (χ4n) is 2.01. The van der Waals surface area contributed by atoms with E-state index in [9.17, 15) is 13.6 Å². The Morgan fingerprint density at radius 3 is 2.41 bits per heavy atom. The number of carbonyl (C=O) groups is 1. The van der Waals surface area contributed by atoms with Crippen molar-refractivity contribution < 1.29 is 13.6 Å². The van der Waals surface area contributed by atoms with Gasteiger partial charge in [-0.25, -0.2) is 8.78 Å². The molecule has 1 aliphatic rings. The van der Waals surface area contributed by atoms with E-state index in [-0.39, 0.29) is 17.0 Å². The monoisotopic (exact) mass is 259 g/mol. The van der Waals surface area contributed by atoms with Crippen LogP contribution >= 0.6 is 11.6 Å². The van der Waals surface area contributed by atoms with Crippen LogP contribution in [-0.4, -0.2) is 17.3 Å². The molecule has 1 aromatic rings. The Kier molecular flexibility index (Phi) is 3.62. The lowest BCUT2D eigenvalue weighted by Crippen LogP contribution is -2.37. The highest BCUT2D eigenvalue weighted by atomic mass is 35.5. The molecule has 0 saturated heterocycles. The average Bonchev–Trinajstić information content (AvgIpc) is 2.63. The first-order valence-electron chi connectivity index (χ1n) is 5.47. The number of hydrogen-bond donors (Lipinski definition) is 1. The first-order chi connectivity index (χ1) is 8.06. The minimum Gasteiger partial charge on any atom is -0.348 e. The summed E-state index contributed by atoms with van der Waals surface area (Å²) in [6.45, 7) is 0. The molecule has 0 bridgehead atoms. The molecule has 1 aliphatic carbocycles. The van der Waals surface area contributed by atoms with E-state index in [2.05, 4.69) is 5.32 Å². The molecule has 1 N–H and O–H groups in total. The van der Waals surface area contributed by atoms with Gasteiger partial charge in [-0.15, -0.1) is 11.6 Å². The van der Waals surface area contributed by atoms with Gasteiger partial charge in [-0.3, -0.25) is 4.79 Å². The largest absolute Gasteiger partial charge is 0.348 e. The number of rotatable bonds is 2. The number of halogens is 3. The van der Waals surface area contributed by atoms with Gasteiger partial charge >= 0.3 is 0 Å². The Hall–Kier alpha value is -1.16. The number of hydrogen-bond acceptors (Lipinski definition) is 1. The molecule has 0 aromatic heterocycles. The van der Waals surface area contributed by atoms with E-state index >= 15 is 0 Å². The molecule has 1 amide bonds. The van der Waals surface area contributed by atoms with E-state index in [1.165, 1.54) is 0 Å². The molecule has 92 valence electrons. The topological polar surface area (TPSA) is 29.1 Å². The molecule has 2 nitrogen and oxygen atoms in total. The molecule has 2 atom stereocenters. The molecule has 2 rings (SSSR count). The van der Waals surface area contributed by atoms with Gasteiger partial charge in [0.05, 0.1) is 5.38 Å². The molecule has 0 aliphatic heterocycles. The van der Waals surface area contributed by atoms with Gasteiger partial charge in [0.1, 0.15) is 11.6 Å². The standard InChI is InChI=1S/C12H12ClF2NO/c13-10-2-1-3-11(10)16-12(17)7-4-8(14)6-9(15)5-7/h4-6,10-11H,1-3H2,(H,16,17). The van der Waals surface area contributed by atoms with Gasteiger partial charge in [0.2, 0.25) is 0 Å². The molecule has 0 spiro atoms. The third-order valence-electron chi connectivity index (χ3n) is 2.87. The maximum atomic E-state index is 12.9. The molecule has 1 aromatic carbocycles. The summed E-state index contributed by atoms with van der Waals surface area (Å²) >= 11 is 6.01. The molecule has 1 saturated carbocycles. The van der Waals surface area contributed by atoms with Gasteiger partial charge < -0.3 is 5.32 Å². The lowest BCUT2D eigenvalue weighted by atomic mass is 10.1. The predicted molar refractivity (Wildman–Crippen MR) is 61.1 cm³/mol. The summed E-state index contributed by atoms with van der Waals surface area (Å²) in [6, 6.07) is 2.64. The van der Waals surface area contributed by atoms with Crippen LogP contribution < -0.4 is 5.32 Å².